The minimum absolute atomic E-state index is 0.360. The van der Waals surface area contributed by atoms with Gasteiger partial charge in [-0.05, 0) is 49.3 Å². The number of phenolic OH excluding ortho intramolecular Hbond substituents is 1. The molecule has 0 aromatic heterocycles. The lowest BCUT2D eigenvalue weighted by molar-refractivity contribution is 0.285. The highest BCUT2D eigenvalue weighted by Crippen LogP contribution is 2.26. The van der Waals surface area contributed by atoms with Crippen molar-refractivity contribution in [3.05, 3.63) is 29.8 Å². The van der Waals surface area contributed by atoms with E-state index >= 15 is 0 Å². The molecule has 0 bridgehead atoms. The molecule has 17 heavy (non-hydrogen) atoms. The predicted octanol–water partition coefficient (Wildman–Crippen LogP) is 3.45. The molecule has 2 rings (SSSR count). The Balaban J connectivity index is 1.76. The number of hydrogen-bond donors (Lipinski definition) is 2. The fraction of sp³-hybridized carbons (Fsp3) is 0.600. The maximum Gasteiger partial charge on any atom is 0.115 e. The number of nitrogens with one attached hydrogen (secondary N) is 1. The molecule has 0 heterocycles. The van der Waals surface area contributed by atoms with E-state index in [4.69, 9.17) is 0 Å². The van der Waals surface area contributed by atoms with E-state index < -0.39 is 0 Å². The Bertz CT molecular complexity index is 343. The molecule has 1 aromatic carbocycles. The molecule has 2 N–H and O–H groups in total. The molecule has 0 radical (unpaired) electrons. The first-order valence-electron chi connectivity index (χ1n) is 6.79. The van der Waals surface area contributed by atoms with Crippen LogP contribution in [-0.4, -0.2) is 11.1 Å². The van der Waals surface area contributed by atoms with Gasteiger partial charge < -0.3 is 10.4 Å². The number of benzene rings is 1. The van der Waals surface area contributed by atoms with E-state index in [-0.39, 0.29) is 0 Å². The Morgan fingerprint density at radius 2 is 2.00 bits per heavy atom. The molecule has 0 spiro atoms. The van der Waals surface area contributed by atoms with Gasteiger partial charge in [0.05, 0.1) is 0 Å². The molecule has 0 saturated heterocycles. The van der Waals surface area contributed by atoms with E-state index in [1.54, 1.807) is 6.07 Å². The molecule has 0 amide bonds. The maximum absolute atomic E-state index is 9.39. The molecule has 94 valence electrons. The van der Waals surface area contributed by atoms with E-state index in [1.807, 2.05) is 12.1 Å². The van der Waals surface area contributed by atoms with Crippen molar-refractivity contribution in [3.8, 4) is 5.75 Å². The van der Waals surface area contributed by atoms with Crippen molar-refractivity contribution >= 4 is 0 Å². The van der Waals surface area contributed by atoms with Gasteiger partial charge in [-0.1, -0.05) is 25.5 Å². The van der Waals surface area contributed by atoms with Gasteiger partial charge >= 0.3 is 0 Å². The monoisotopic (exact) mass is 233 g/mol. The van der Waals surface area contributed by atoms with Gasteiger partial charge in [0.25, 0.3) is 0 Å². The lowest BCUT2D eigenvalue weighted by Crippen LogP contribution is -2.32. The van der Waals surface area contributed by atoms with Crippen LogP contribution in [0.5, 0.6) is 5.75 Å². The van der Waals surface area contributed by atoms with Crippen LogP contribution in [0.25, 0.3) is 0 Å². The summed E-state index contributed by atoms with van der Waals surface area (Å²) >= 11 is 0. The summed E-state index contributed by atoms with van der Waals surface area (Å²) in [5.41, 5.74) is 1.17. The highest BCUT2D eigenvalue weighted by molar-refractivity contribution is 5.26. The molecular formula is C15H23NO. The normalized spacial score (nSPS) is 24.8. The summed E-state index contributed by atoms with van der Waals surface area (Å²) in [5.74, 6) is 1.31. The fourth-order valence-corrected chi connectivity index (χ4v) is 2.70. The third-order valence-electron chi connectivity index (χ3n) is 3.93. The molecule has 1 saturated carbocycles. The summed E-state index contributed by atoms with van der Waals surface area (Å²) in [6.45, 7) is 3.17. The molecule has 1 aromatic rings. The van der Waals surface area contributed by atoms with Gasteiger partial charge in [-0.25, -0.2) is 0 Å². The van der Waals surface area contributed by atoms with Crippen molar-refractivity contribution < 1.29 is 5.11 Å². The Labute approximate surface area is 104 Å². The topological polar surface area (TPSA) is 32.3 Å². The molecular weight excluding hydrogens is 210 g/mol. The van der Waals surface area contributed by atoms with E-state index in [1.165, 1.54) is 37.7 Å². The minimum atomic E-state index is 0.360. The number of aromatic hydroxyl groups is 1. The first kappa shape index (κ1) is 12.4. The third kappa shape index (κ3) is 3.74. The Morgan fingerprint density at radius 3 is 2.65 bits per heavy atom. The van der Waals surface area contributed by atoms with Gasteiger partial charge in [0.15, 0.2) is 0 Å². The van der Waals surface area contributed by atoms with Crippen LogP contribution in [0.1, 0.15) is 44.6 Å². The molecule has 2 heteroatoms. The van der Waals surface area contributed by atoms with E-state index in [0.29, 0.717) is 11.8 Å². The van der Waals surface area contributed by atoms with Crippen LogP contribution in [0, 0.1) is 5.92 Å². The van der Waals surface area contributed by atoms with Crippen molar-refractivity contribution in [2.24, 2.45) is 5.92 Å². The van der Waals surface area contributed by atoms with Crippen LogP contribution in [-0.2, 0) is 6.54 Å². The lowest BCUT2D eigenvalue weighted by atomic mass is 9.84. The van der Waals surface area contributed by atoms with Crippen molar-refractivity contribution in [2.45, 2.75) is 51.6 Å². The first-order valence-corrected chi connectivity index (χ1v) is 6.79. The molecule has 1 fully saturated rings. The van der Waals surface area contributed by atoms with Crippen molar-refractivity contribution in [3.63, 3.8) is 0 Å². The molecule has 1 aliphatic carbocycles. The minimum Gasteiger partial charge on any atom is -0.508 e. The SMILES string of the molecule is CCC1CCC(NCc2cccc(O)c2)CC1. The molecule has 2 nitrogen and oxygen atoms in total. The predicted molar refractivity (Wildman–Crippen MR) is 71.0 cm³/mol. The summed E-state index contributed by atoms with van der Waals surface area (Å²) < 4.78 is 0. The summed E-state index contributed by atoms with van der Waals surface area (Å²) in [7, 11) is 0. The van der Waals surface area contributed by atoms with Crippen molar-refractivity contribution in [1.29, 1.82) is 0 Å². The first-order chi connectivity index (χ1) is 8.28. The lowest BCUT2D eigenvalue weighted by Gasteiger charge is -2.28. The molecule has 0 aliphatic heterocycles. The standard InChI is InChI=1S/C15H23NO/c1-2-12-6-8-14(9-7-12)16-11-13-4-3-5-15(17)10-13/h3-5,10,12,14,16-17H,2,6-9,11H2,1H3. The van der Waals surface area contributed by atoms with Gasteiger partial charge in [0.1, 0.15) is 5.75 Å². The van der Waals surface area contributed by atoms with Crippen molar-refractivity contribution in [2.75, 3.05) is 0 Å². The van der Waals surface area contributed by atoms with Crippen LogP contribution in [0.2, 0.25) is 0 Å². The number of rotatable bonds is 4. The summed E-state index contributed by atoms with van der Waals surface area (Å²) in [4.78, 5) is 0. The largest absolute Gasteiger partial charge is 0.508 e. The van der Waals surface area contributed by atoms with E-state index in [9.17, 15) is 5.11 Å². The summed E-state index contributed by atoms with van der Waals surface area (Å²) in [6.07, 6.45) is 6.68. The van der Waals surface area contributed by atoms with Gasteiger partial charge in [-0.2, -0.15) is 0 Å². The van der Waals surface area contributed by atoms with Crippen LogP contribution in [0.15, 0.2) is 24.3 Å². The second kappa shape index (κ2) is 6.06. The Morgan fingerprint density at radius 1 is 1.24 bits per heavy atom. The maximum atomic E-state index is 9.39. The van der Waals surface area contributed by atoms with Gasteiger partial charge in [-0.3, -0.25) is 0 Å². The highest BCUT2D eigenvalue weighted by atomic mass is 16.3. The van der Waals surface area contributed by atoms with Gasteiger partial charge in [0, 0.05) is 12.6 Å². The summed E-state index contributed by atoms with van der Waals surface area (Å²) in [5, 5.41) is 13.0. The summed E-state index contributed by atoms with van der Waals surface area (Å²) in [6, 6.07) is 8.19. The third-order valence-corrected chi connectivity index (χ3v) is 3.93. The number of hydrogen-bond acceptors (Lipinski definition) is 2. The zero-order valence-corrected chi connectivity index (χ0v) is 10.7. The molecule has 0 unspecified atom stereocenters. The van der Waals surface area contributed by atoms with Crippen LogP contribution >= 0.6 is 0 Å². The average Bonchev–Trinajstić information content (AvgIpc) is 2.37. The van der Waals surface area contributed by atoms with E-state index in [2.05, 4.69) is 18.3 Å². The zero-order chi connectivity index (χ0) is 12.1. The smallest absolute Gasteiger partial charge is 0.115 e. The van der Waals surface area contributed by atoms with Crippen LogP contribution < -0.4 is 5.32 Å². The van der Waals surface area contributed by atoms with Gasteiger partial charge in [-0.15, -0.1) is 0 Å². The average molecular weight is 233 g/mol. The second-order valence-corrected chi connectivity index (χ2v) is 5.18. The van der Waals surface area contributed by atoms with Gasteiger partial charge in [0.2, 0.25) is 0 Å². The quantitative estimate of drug-likeness (QED) is 0.835. The fourth-order valence-electron chi connectivity index (χ4n) is 2.70. The number of phenols is 1. The molecule has 0 atom stereocenters. The Hall–Kier alpha value is -1.02. The second-order valence-electron chi connectivity index (χ2n) is 5.18. The Kier molecular flexibility index (Phi) is 4.43. The van der Waals surface area contributed by atoms with Crippen molar-refractivity contribution in [1.82, 2.24) is 5.32 Å². The van der Waals surface area contributed by atoms with Crippen LogP contribution in [0.4, 0.5) is 0 Å². The molecule has 1 aliphatic rings. The van der Waals surface area contributed by atoms with Crippen LogP contribution in [0.3, 0.4) is 0 Å². The zero-order valence-electron chi connectivity index (χ0n) is 10.7. The highest BCUT2D eigenvalue weighted by Gasteiger charge is 2.19. The van der Waals surface area contributed by atoms with E-state index in [0.717, 1.165) is 12.5 Å².